The van der Waals surface area contributed by atoms with E-state index in [0.29, 0.717) is 21.4 Å². The van der Waals surface area contributed by atoms with Gasteiger partial charge in [-0.3, -0.25) is 4.79 Å². The van der Waals surface area contributed by atoms with Crippen molar-refractivity contribution in [3.63, 3.8) is 0 Å². The van der Waals surface area contributed by atoms with Crippen molar-refractivity contribution in [2.45, 2.75) is 6.92 Å². The lowest BCUT2D eigenvalue weighted by Gasteiger charge is -2.05. The van der Waals surface area contributed by atoms with Crippen LogP contribution in [0.1, 0.15) is 21.6 Å². The Morgan fingerprint density at radius 3 is 2.76 bits per heavy atom. The molecule has 0 saturated carbocycles. The largest absolute Gasteiger partial charge is 0.287 e. The van der Waals surface area contributed by atoms with Crippen molar-refractivity contribution >= 4 is 21.7 Å². The summed E-state index contributed by atoms with van der Waals surface area (Å²) in [4.78, 5) is 12.2. The van der Waals surface area contributed by atoms with Gasteiger partial charge in [-0.05, 0) is 40.5 Å². The lowest BCUT2D eigenvalue weighted by molar-refractivity contribution is 0.102. The number of halogens is 2. The summed E-state index contributed by atoms with van der Waals surface area (Å²) in [6.07, 6.45) is 0. The molecule has 4 nitrogen and oxygen atoms in total. The summed E-state index contributed by atoms with van der Waals surface area (Å²) in [6.45, 7) is 1.75. The highest BCUT2D eigenvalue weighted by Crippen LogP contribution is 2.19. The Morgan fingerprint density at radius 2 is 2.18 bits per heavy atom. The normalized spacial score (nSPS) is 10.6. The fourth-order valence-corrected chi connectivity index (χ4v) is 2.05. The van der Waals surface area contributed by atoms with Crippen molar-refractivity contribution in [3.8, 4) is 0 Å². The first-order valence-electron chi connectivity index (χ1n) is 4.86. The van der Waals surface area contributed by atoms with Crippen LogP contribution in [0.4, 0.5) is 4.39 Å². The third-order valence-electron chi connectivity index (χ3n) is 2.45. The summed E-state index contributed by atoms with van der Waals surface area (Å²) < 4.78 is 14.9. The molecule has 1 heterocycles. The number of rotatable bonds is 2. The minimum Gasteiger partial charge on any atom is -0.287 e. The number of nitrogens with zero attached hydrogens (tertiary/aromatic N) is 3. The molecule has 0 saturated heterocycles. The van der Waals surface area contributed by atoms with Crippen LogP contribution >= 0.6 is 15.9 Å². The molecule has 0 atom stereocenters. The molecule has 0 N–H and O–H groups in total. The second-order valence-electron chi connectivity index (χ2n) is 3.64. The minimum absolute atomic E-state index is 0.304. The van der Waals surface area contributed by atoms with Crippen molar-refractivity contribution in [2.24, 2.45) is 7.05 Å². The molecular formula is C11H9BrFN3O. The molecule has 88 valence electrons. The molecule has 17 heavy (non-hydrogen) atoms. The predicted molar refractivity (Wildman–Crippen MR) is 63.3 cm³/mol. The summed E-state index contributed by atoms with van der Waals surface area (Å²) in [5.74, 6) is -0.744. The van der Waals surface area contributed by atoms with Crippen molar-refractivity contribution in [1.29, 1.82) is 0 Å². The maximum atomic E-state index is 13.1. The lowest BCUT2D eigenvalue weighted by atomic mass is 10.0. The van der Waals surface area contributed by atoms with E-state index in [1.807, 2.05) is 0 Å². The van der Waals surface area contributed by atoms with Gasteiger partial charge in [-0.1, -0.05) is 11.3 Å². The molecule has 0 bridgehead atoms. The Labute approximate surface area is 106 Å². The van der Waals surface area contributed by atoms with Crippen molar-refractivity contribution in [2.75, 3.05) is 0 Å². The molecule has 1 aromatic carbocycles. The molecule has 0 unspecified atom stereocenters. The van der Waals surface area contributed by atoms with Gasteiger partial charge in [0.25, 0.3) is 0 Å². The molecule has 2 aromatic rings. The Kier molecular flexibility index (Phi) is 3.06. The molecule has 0 amide bonds. The predicted octanol–water partition coefficient (Wildman–Crippen LogP) is 2.26. The first-order chi connectivity index (χ1) is 8.00. The number of hydrogen-bond acceptors (Lipinski definition) is 3. The van der Waals surface area contributed by atoms with Crippen molar-refractivity contribution < 1.29 is 9.18 Å². The van der Waals surface area contributed by atoms with Crippen molar-refractivity contribution in [3.05, 3.63) is 45.4 Å². The van der Waals surface area contributed by atoms with Crippen LogP contribution in [0.15, 0.2) is 22.8 Å². The minimum atomic E-state index is -0.440. The van der Waals surface area contributed by atoms with Crippen LogP contribution in [0.5, 0.6) is 0 Å². The molecule has 0 fully saturated rings. The van der Waals surface area contributed by atoms with E-state index in [4.69, 9.17) is 0 Å². The zero-order valence-electron chi connectivity index (χ0n) is 9.24. The molecular weight excluding hydrogens is 289 g/mol. The van der Waals surface area contributed by atoms with Crippen LogP contribution < -0.4 is 0 Å². The number of benzene rings is 1. The highest BCUT2D eigenvalue weighted by atomic mass is 79.9. The Morgan fingerprint density at radius 1 is 1.47 bits per heavy atom. The molecule has 0 aliphatic rings. The average Bonchev–Trinajstić information content (AvgIpc) is 2.61. The Balaban J connectivity index is 2.55. The number of carbonyl (C=O) groups is 1. The molecule has 0 radical (unpaired) electrons. The monoisotopic (exact) mass is 297 g/mol. The Hall–Kier alpha value is -1.56. The van der Waals surface area contributed by atoms with Crippen LogP contribution in [0, 0.1) is 12.7 Å². The third kappa shape index (κ3) is 2.12. The zero-order valence-corrected chi connectivity index (χ0v) is 10.8. The van der Waals surface area contributed by atoms with Gasteiger partial charge in [0.05, 0.1) is 0 Å². The van der Waals surface area contributed by atoms with E-state index in [2.05, 4.69) is 26.2 Å². The standard InChI is InChI=1S/C11H9BrFN3O/c1-6-3-4-7(13)5-8(6)10(17)9-11(12)14-15-16(9)2/h3-5H,1-2H3. The van der Waals surface area contributed by atoms with E-state index in [9.17, 15) is 9.18 Å². The SMILES string of the molecule is Cc1ccc(F)cc1C(=O)c1c(Br)nnn1C. The highest BCUT2D eigenvalue weighted by Gasteiger charge is 2.20. The van der Waals surface area contributed by atoms with E-state index in [-0.39, 0.29) is 5.78 Å². The van der Waals surface area contributed by atoms with Gasteiger partial charge in [-0.2, -0.15) is 0 Å². The molecule has 0 aliphatic heterocycles. The first kappa shape index (κ1) is 11.9. The van der Waals surface area contributed by atoms with Crippen LogP contribution in [0.3, 0.4) is 0 Å². The quantitative estimate of drug-likeness (QED) is 0.799. The van der Waals surface area contributed by atoms with E-state index < -0.39 is 5.82 Å². The van der Waals surface area contributed by atoms with Gasteiger partial charge in [0.15, 0.2) is 4.60 Å². The Bertz CT molecular complexity index is 575. The maximum Gasteiger partial charge on any atom is 0.214 e. The van der Waals surface area contributed by atoms with Gasteiger partial charge in [-0.15, -0.1) is 5.10 Å². The number of aromatic nitrogens is 3. The number of carbonyl (C=O) groups excluding carboxylic acids is 1. The molecule has 6 heteroatoms. The molecule has 0 spiro atoms. The van der Waals surface area contributed by atoms with Crippen LogP contribution in [-0.4, -0.2) is 20.8 Å². The van der Waals surface area contributed by atoms with Gasteiger partial charge < -0.3 is 0 Å². The van der Waals surface area contributed by atoms with E-state index in [1.165, 1.54) is 16.8 Å². The summed E-state index contributed by atoms with van der Waals surface area (Å²) in [6, 6.07) is 4.11. The second kappa shape index (κ2) is 4.37. The number of ketones is 1. The third-order valence-corrected chi connectivity index (χ3v) is 2.98. The fraction of sp³-hybridized carbons (Fsp3) is 0.182. The summed E-state index contributed by atoms with van der Waals surface area (Å²) in [5, 5.41) is 7.45. The summed E-state index contributed by atoms with van der Waals surface area (Å²) in [7, 11) is 1.61. The fourth-order valence-electron chi connectivity index (χ4n) is 1.54. The highest BCUT2D eigenvalue weighted by molar-refractivity contribution is 9.10. The second-order valence-corrected chi connectivity index (χ2v) is 4.39. The van der Waals surface area contributed by atoms with Gasteiger partial charge in [0.1, 0.15) is 11.5 Å². The van der Waals surface area contributed by atoms with E-state index in [1.54, 1.807) is 20.0 Å². The van der Waals surface area contributed by atoms with Gasteiger partial charge in [0.2, 0.25) is 5.78 Å². The topological polar surface area (TPSA) is 47.8 Å². The van der Waals surface area contributed by atoms with Crippen molar-refractivity contribution in [1.82, 2.24) is 15.0 Å². The summed E-state index contributed by atoms with van der Waals surface area (Å²) >= 11 is 3.15. The number of aryl methyl sites for hydroxylation is 2. The zero-order chi connectivity index (χ0) is 12.6. The smallest absolute Gasteiger partial charge is 0.214 e. The lowest BCUT2D eigenvalue weighted by Crippen LogP contribution is -2.10. The maximum absolute atomic E-state index is 13.1. The van der Waals surface area contributed by atoms with Gasteiger partial charge in [-0.25, -0.2) is 9.07 Å². The van der Waals surface area contributed by atoms with Crippen LogP contribution in [0.2, 0.25) is 0 Å². The summed E-state index contributed by atoms with van der Waals surface area (Å²) in [5.41, 5.74) is 1.33. The van der Waals surface area contributed by atoms with Crippen LogP contribution in [0.25, 0.3) is 0 Å². The first-order valence-corrected chi connectivity index (χ1v) is 5.66. The average molecular weight is 298 g/mol. The number of hydrogen-bond donors (Lipinski definition) is 0. The van der Waals surface area contributed by atoms with E-state index in [0.717, 1.165) is 0 Å². The molecule has 0 aliphatic carbocycles. The molecule has 1 aromatic heterocycles. The van der Waals surface area contributed by atoms with Gasteiger partial charge >= 0.3 is 0 Å². The van der Waals surface area contributed by atoms with E-state index >= 15 is 0 Å². The molecule has 2 rings (SSSR count). The van der Waals surface area contributed by atoms with Crippen LogP contribution in [-0.2, 0) is 7.05 Å². The van der Waals surface area contributed by atoms with Gasteiger partial charge in [0, 0.05) is 12.6 Å².